The summed E-state index contributed by atoms with van der Waals surface area (Å²) in [5, 5.41) is 0. The summed E-state index contributed by atoms with van der Waals surface area (Å²) in [5.74, 6) is 1.17. The molecule has 2 saturated heterocycles. The van der Waals surface area contributed by atoms with Crippen LogP contribution >= 0.6 is 0 Å². The van der Waals surface area contributed by atoms with Gasteiger partial charge in [0.25, 0.3) is 0 Å². The zero-order valence-electron chi connectivity index (χ0n) is 13.6. The Bertz CT molecular complexity index is 434. The summed E-state index contributed by atoms with van der Waals surface area (Å²) in [6, 6.07) is 5.76. The van der Waals surface area contributed by atoms with Gasteiger partial charge in [-0.25, -0.2) is 4.98 Å². The lowest BCUT2D eigenvalue weighted by Crippen LogP contribution is -2.38. The second-order valence-electron chi connectivity index (χ2n) is 6.84. The van der Waals surface area contributed by atoms with Crippen LogP contribution in [-0.4, -0.2) is 35.6 Å². The van der Waals surface area contributed by atoms with Crippen molar-refractivity contribution in [3.05, 3.63) is 23.9 Å². The van der Waals surface area contributed by atoms with E-state index in [0.29, 0.717) is 12.1 Å². The maximum Gasteiger partial charge on any atom is 0.128 e. The maximum absolute atomic E-state index is 4.77. The van der Waals surface area contributed by atoms with E-state index >= 15 is 0 Å². The van der Waals surface area contributed by atoms with Crippen LogP contribution in [0.25, 0.3) is 0 Å². The molecule has 1 atom stereocenters. The SMILES string of the molecule is CC(C)N1CCCCC1c1ccc(N2CCCCC2)nc1. The third-order valence-corrected chi connectivity index (χ3v) is 5.04. The first-order valence-corrected chi connectivity index (χ1v) is 8.72. The standard InChI is InChI=1S/C18H29N3/c1-15(2)21-13-7-4-8-17(21)16-9-10-18(19-14-16)20-11-5-3-6-12-20/h9-10,14-15,17H,3-8,11-13H2,1-2H3. The number of likely N-dealkylation sites (tertiary alicyclic amines) is 1. The average molecular weight is 287 g/mol. The smallest absolute Gasteiger partial charge is 0.128 e. The Morgan fingerprint density at radius 1 is 1.00 bits per heavy atom. The number of aromatic nitrogens is 1. The van der Waals surface area contributed by atoms with E-state index in [-0.39, 0.29) is 0 Å². The molecule has 0 aliphatic carbocycles. The number of pyridine rings is 1. The quantitative estimate of drug-likeness (QED) is 0.837. The van der Waals surface area contributed by atoms with Crippen LogP contribution in [0.15, 0.2) is 18.3 Å². The third-order valence-electron chi connectivity index (χ3n) is 5.04. The van der Waals surface area contributed by atoms with E-state index in [0.717, 1.165) is 0 Å². The predicted octanol–water partition coefficient (Wildman–Crippen LogP) is 4.01. The summed E-state index contributed by atoms with van der Waals surface area (Å²) >= 11 is 0. The number of hydrogen-bond acceptors (Lipinski definition) is 3. The zero-order chi connectivity index (χ0) is 14.7. The van der Waals surface area contributed by atoms with Crippen molar-refractivity contribution >= 4 is 5.82 Å². The lowest BCUT2D eigenvalue weighted by Gasteiger charge is -2.39. The number of rotatable bonds is 3. The van der Waals surface area contributed by atoms with Crippen molar-refractivity contribution in [2.75, 3.05) is 24.5 Å². The van der Waals surface area contributed by atoms with Gasteiger partial charge in [0.1, 0.15) is 5.82 Å². The summed E-state index contributed by atoms with van der Waals surface area (Å²) < 4.78 is 0. The lowest BCUT2D eigenvalue weighted by atomic mass is 9.95. The highest BCUT2D eigenvalue weighted by Crippen LogP contribution is 2.32. The first-order valence-electron chi connectivity index (χ1n) is 8.72. The molecule has 0 aromatic carbocycles. The van der Waals surface area contributed by atoms with Crippen molar-refractivity contribution < 1.29 is 0 Å². The molecule has 3 heteroatoms. The van der Waals surface area contributed by atoms with Gasteiger partial charge >= 0.3 is 0 Å². The Morgan fingerprint density at radius 3 is 2.43 bits per heavy atom. The zero-order valence-corrected chi connectivity index (χ0v) is 13.6. The Kier molecular flexibility index (Phi) is 4.79. The molecular formula is C18H29N3. The van der Waals surface area contributed by atoms with E-state index in [4.69, 9.17) is 4.98 Å². The number of piperidine rings is 2. The van der Waals surface area contributed by atoms with Gasteiger partial charge in [0.15, 0.2) is 0 Å². The van der Waals surface area contributed by atoms with E-state index in [1.807, 2.05) is 0 Å². The Hall–Kier alpha value is -1.09. The molecule has 3 nitrogen and oxygen atoms in total. The van der Waals surface area contributed by atoms with Gasteiger partial charge < -0.3 is 4.90 Å². The van der Waals surface area contributed by atoms with Crippen LogP contribution in [0.5, 0.6) is 0 Å². The van der Waals surface area contributed by atoms with Crippen molar-refractivity contribution in [1.29, 1.82) is 0 Å². The lowest BCUT2D eigenvalue weighted by molar-refractivity contribution is 0.112. The van der Waals surface area contributed by atoms with Crippen LogP contribution in [0, 0.1) is 0 Å². The largest absolute Gasteiger partial charge is 0.357 e. The van der Waals surface area contributed by atoms with Crippen molar-refractivity contribution in [3.8, 4) is 0 Å². The van der Waals surface area contributed by atoms with Gasteiger partial charge in [-0.05, 0) is 64.1 Å². The van der Waals surface area contributed by atoms with E-state index in [2.05, 4.69) is 42.0 Å². The summed E-state index contributed by atoms with van der Waals surface area (Å²) in [5.41, 5.74) is 1.41. The molecule has 0 spiro atoms. The van der Waals surface area contributed by atoms with Crippen LogP contribution in [0.3, 0.4) is 0 Å². The van der Waals surface area contributed by atoms with Crippen LogP contribution < -0.4 is 4.90 Å². The molecule has 116 valence electrons. The maximum atomic E-state index is 4.77. The molecule has 21 heavy (non-hydrogen) atoms. The van der Waals surface area contributed by atoms with Gasteiger partial charge in [-0.2, -0.15) is 0 Å². The van der Waals surface area contributed by atoms with Crippen LogP contribution in [0.1, 0.15) is 64.0 Å². The van der Waals surface area contributed by atoms with Crippen LogP contribution in [0.4, 0.5) is 5.82 Å². The molecule has 0 radical (unpaired) electrons. The number of hydrogen-bond donors (Lipinski definition) is 0. The molecule has 2 aliphatic heterocycles. The van der Waals surface area contributed by atoms with Crippen molar-refractivity contribution in [1.82, 2.24) is 9.88 Å². The second kappa shape index (κ2) is 6.78. The highest BCUT2D eigenvalue weighted by molar-refractivity contribution is 5.40. The molecule has 2 fully saturated rings. The molecule has 3 heterocycles. The highest BCUT2D eigenvalue weighted by atomic mass is 15.2. The minimum Gasteiger partial charge on any atom is -0.357 e. The molecule has 3 rings (SSSR count). The van der Waals surface area contributed by atoms with Crippen molar-refractivity contribution in [2.45, 2.75) is 64.5 Å². The predicted molar refractivity (Wildman–Crippen MR) is 88.7 cm³/mol. The fourth-order valence-corrected chi connectivity index (χ4v) is 3.83. The molecule has 2 aliphatic rings. The molecule has 0 saturated carbocycles. The first-order chi connectivity index (χ1) is 10.3. The van der Waals surface area contributed by atoms with E-state index in [1.54, 1.807) is 0 Å². The topological polar surface area (TPSA) is 19.4 Å². The molecule has 1 unspecified atom stereocenters. The average Bonchev–Trinajstić information content (AvgIpc) is 2.56. The Labute approximate surface area is 129 Å². The normalized spacial score (nSPS) is 24.5. The van der Waals surface area contributed by atoms with E-state index in [1.165, 1.54) is 69.5 Å². The third kappa shape index (κ3) is 3.39. The van der Waals surface area contributed by atoms with Gasteiger partial charge in [0, 0.05) is 31.4 Å². The fraction of sp³-hybridized carbons (Fsp3) is 0.722. The van der Waals surface area contributed by atoms with Crippen LogP contribution in [0.2, 0.25) is 0 Å². The molecule has 0 N–H and O–H groups in total. The van der Waals surface area contributed by atoms with Crippen molar-refractivity contribution in [3.63, 3.8) is 0 Å². The summed E-state index contributed by atoms with van der Waals surface area (Å²) in [4.78, 5) is 9.85. The summed E-state index contributed by atoms with van der Waals surface area (Å²) in [7, 11) is 0. The van der Waals surface area contributed by atoms with Gasteiger partial charge in [-0.15, -0.1) is 0 Å². The summed E-state index contributed by atoms with van der Waals surface area (Å²) in [6.45, 7) is 8.21. The fourth-order valence-electron chi connectivity index (χ4n) is 3.83. The van der Waals surface area contributed by atoms with Gasteiger partial charge in [-0.1, -0.05) is 12.5 Å². The highest BCUT2D eigenvalue weighted by Gasteiger charge is 2.26. The number of anilines is 1. The van der Waals surface area contributed by atoms with E-state index < -0.39 is 0 Å². The minimum atomic E-state index is 0.571. The molecule has 1 aromatic rings. The van der Waals surface area contributed by atoms with Crippen molar-refractivity contribution in [2.24, 2.45) is 0 Å². The molecule has 1 aromatic heterocycles. The second-order valence-corrected chi connectivity index (χ2v) is 6.84. The molecule has 0 amide bonds. The van der Waals surface area contributed by atoms with Gasteiger partial charge in [0.05, 0.1) is 0 Å². The number of nitrogens with zero attached hydrogens (tertiary/aromatic N) is 3. The van der Waals surface area contributed by atoms with E-state index in [9.17, 15) is 0 Å². The van der Waals surface area contributed by atoms with Gasteiger partial charge in [-0.3, -0.25) is 4.90 Å². The van der Waals surface area contributed by atoms with Gasteiger partial charge in [0.2, 0.25) is 0 Å². The molecule has 0 bridgehead atoms. The first kappa shape index (κ1) is 14.8. The Morgan fingerprint density at radius 2 is 1.76 bits per heavy atom. The van der Waals surface area contributed by atoms with Crippen LogP contribution in [-0.2, 0) is 0 Å². The summed E-state index contributed by atoms with van der Waals surface area (Å²) in [6.07, 6.45) is 10.1. The Balaban J connectivity index is 1.73. The molecular weight excluding hydrogens is 258 g/mol. The minimum absolute atomic E-state index is 0.571. The monoisotopic (exact) mass is 287 g/mol.